The number of carbonyl (C=O) groups excluding carboxylic acids is 1. The number of hydrazone groups is 1. The molecule has 1 amide bonds. The summed E-state index contributed by atoms with van der Waals surface area (Å²) >= 11 is 5.90. The number of aryl methyl sites for hydroxylation is 1. The number of benzene rings is 2. The molecule has 0 aliphatic carbocycles. The van der Waals surface area contributed by atoms with Gasteiger partial charge >= 0.3 is 0 Å². The first kappa shape index (κ1) is 13.8. The van der Waals surface area contributed by atoms with Crippen LogP contribution in [0.15, 0.2) is 53.6 Å². The molecule has 2 aromatic carbocycles. The molecule has 1 aliphatic heterocycles. The smallest absolute Gasteiger partial charge is 0.248 e. The van der Waals surface area contributed by atoms with Crippen LogP contribution in [0.4, 0.5) is 0 Å². The van der Waals surface area contributed by atoms with Crippen molar-refractivity contribution >= 4 is 23.2 Å². The molecule has 0 saturated carbocycles. The number of nitrogens with one attached hydrogen (secondary N) is 1. The van der Waals surface area contributed by atoms with Gasteiger partial charge in [-0.05, 0) is 30.2 Å². The molecule has 21 heavy (non-hydrogen) atoms. The van der Waals surface area contributed by atoms with E-state index in [4.69, 9.17) is 11.6 Å². The molecular weight excluding hydrogens is 284 g/mol. The first-order valence-electron chi connectivity index (χ1n) is 6.82. The van der Waals surface area contributed by atoms with Crippen LogP contribution in [-0.4, -0.2) is 11.6 Å². The van der Waals surface area contributed by atoms with E-state index in [2.05, 4.69) is 16.6 Å². The molecule has 0 unspecified atom stereocenters. The Morgan fingerprint density at radius 2 is 1.95 bits per heavy atom. The van der Waals surface area contributed by atoms with Gasteiger partial charge in [0.15, 0.2) is 0 Å². The molecule has 2 aromatic rings. The summed E-state index contributed by atoms with van der Waals surface area (Å²) < 4.78 is 0. The lowest BCUT2D eigenvalue weighted by Gasteiger charge is -2.22. The van der Waals surface area contributed by atoms with Crippen LogP contribution in [0.2, 0.25) is 5.02 Å². The van der Waals surface area contributed by atoms with E-state index >= 15 is 0 Å². The van der Waals surface area contributed by atoms with Crippen molar-refractivity contribution in [3.8, 4) is 0 Å². The summed E-state index contributed by atoms with van der Waals surface area (Å²) in [6.07, 6.45) is 0.594. The lowest BCUT2D eigenvalue weighted by molar-refractivity contribution is -0.122. The van der Waals surface area contributed by atoms with E-state index in [1.54, 1.807) is 0 Å². The van der Waals surface area contributed by atoms with Crippen molar-refractivity contribution in [3.05, 3.63) is 70.2 Å². The van der Waals surface area contributed by atoms with Crippen LogP contribution in [-0.2, 0) is 4.79 Å². The zero-order chi connectivity index (χ0) is 14.8. The summed E-state index contributed by atoms with van der Waals surface area (Å²) in [6, 6.07) is 15.5. The van der Waals surface area contributed by atoms with Crippen LogP contribution < -0.4 is 5.43 Å². The maximum atomic E-state index is 12.1. The minimum atomic E-state index is -0.227. The normalized spacial score (nSPS) is 18.1. The van der Waals surface area contributed by atoms with Crippen LogP contribution in [0.1, 0.15) is 29.0 Å². The molecule has 3 rings (SSSR count). The van der Waals surface area contributed by atoms with E-state index in [1.165, 1.54) is 5.56 Å². The standard InChI is InChI=1S/C17H15ClN2O/c1-11-3-2-4-13(9-11)16-10-15(17(21)20-19-16)12-5-7-14(18)8-6-12/h2-9,15H,10H2,1H3,(H,20,21)/t15-/m1/s1. The lowest BCUT2D eigenvalue weighted by Crippen LogP contribution is -2.33. The Morgan fingerprint density at radius 1 is 1.19 bits per heavy atom. The SMILES string of the molecule is Cc1cccc(C2=NNC(=O)[C@@H](c3ccc(Cl)cc3)C2)c1. The van der Waals surface area contributed by atoms with Crippen molar-refractivity contribution in [1.82, 2.24) is 5.43 Å². The van der Waals surface area contributed by atoms with Crippen LogP contribution in [0.25, 0.3) is 0 Å². The van der Waals surface area contributed by atoms with Crippen LogP contribution in [0.3, 0.4) is 0 Å². The highest BCUT2D eigenvalue weighted by molar-refractivity contribution is 6.30. The van der Waals surface area contributed by atoms with Gasteiger partial charge < -0.3 is 0 Å². The Balaban J connectivity index is 1.90. The number of amides is 1. The van der Waals surface area contributed by atoms with Crippen LogP contribution in [0, 0.1) is 6.92 Å². The molecule has 1 aliphatic rings. The fourth-order valence-electron chi connectivity index (χ4n) is 2.50. The van der Waals surface area contributed by atoms with Crippen molar-refractivity contribution < 1.29 is 4.79 Å². The zero-order valence-corrected chi connectivity index (χ0v) is 12.4. The van der Waals surface area contributed by atoms with Crippen molar-refractivity contribution in [1.29, 1.82) is 0 Å². The average Bonchev–Trinajstić information content (AvgIpc) is 2.49. The van der Waals surface area contributed by atoms with Gasteiger partial charge in [-0.15, -0.1) is 0 Å². The van der Waals surface area contributed by atoms with E-state index in [9.17, 15) is 4.79 Å². The highest BCUT2D eigenvalue weighted by Crippen LogP contribution is 2.26. The second-order valence-corrected chi connectivity index (χ2v) is 5.65. The molecule has 0 bridgehead atoms. The van der Waals surface area contributed by atoms with Gasteiger partial charge in [0.25, 0.3) is 0 Å². The highest BCUT2D eigenvalue weighted by Gasteiger charge is 2.27. The quantitative estimate of drug-likeness (QED) is 0.903. The summed E-state index contributed by atoms with van der Waals surface area (Å²) in [4.78, 5) is 12.1. The molecule has 0 radical (unpaired) electrons. The minimum absolute atomic E-state index is 0.0753. The molecule has 0 aromatic heterocycles. The number of hydrogen-bond acceptors (Lipinski definition) is 2. The summed E-state index contributed by atoms with van der Waals surface area (Å²) in [5.74, 6) is -0.302. The maximum absolute atomic E-state index is 12.1. The third kappa shape index (κ3) is 2.98. The largest absolute Gasteiger partial charge is 0.272 e. The lowest BCUT2D eigenvalue weighted by atomic mass is 9.89. The number of nitrogens with zero attached hydrogens (tertiary/aromatic N) is 1. The third-order valence-electron chi connectivity index (χ3n) is 3.64. The summed E-state index contributed by atoms with van der Waals surface area (Å²) in [6.45, 7) is 2.04. The van der Waals surface area contributed by atoms with E-state index in [0.717, 1.165) is 16.8 Å². The van der Waals surface area contributed by atoms with Crippen molar-refractivity contribution in [2.45, 2.75) is 19.3 Å². The molecule has 0 fully saturated rings. The summed E-state index contributed by atoms with van der Waals surface area (Å²) in [5, 5.41) is 4.88. The highest BCUT2D eigenvalue weighted by atomic mass is 35.5. The van der Waals surface area contributed by atoms with Gasteiger partial charge in [-0.25, -0.2) is 5.43 Å². The van der Waals surface area contributed by atoms with Gasteiger partial charge in [-0.1, -0.05) is 53.6 Å². The Labute approximate surface area is 128 Å². The fraction of sp³-hybridized carbons (Fsp3) is 0.176. The van der Waals surface area contributed by atoms with E-state index in [1.807, 2.05) is 49.4 Å². The van der Waals surface area contributed by atoms with Crippen molar-refractivity contribution in [2.24, 2.45) is 5.10 Å². The van der Waals surface area contributed by atoms with E-state index < -0.39 is 0 Å². The Morgan fingerprint density at radius 3 is 2.67 bits per heavy atom. The number of rotatable bonds is 2. The molecule has 3 nitrogen and oxygen atoms in total. The van der Waals surface area contributed by atoms with Gasteiger partial charge in [0.05, 0.1) is 11.6 Å². The second-order valence-electron chi connectivity index (χ2n) is 5.21. The zero-order valence-electron chi connectivity index (χ0n) is 11.6. The molecule has 106 valence electrons. The van der Waals surface area contributed by atoms with Crippen molar-refractivity contribution in [2.75, 3.05) is 0 Å². The van der Waals surface area contributed by atoms with Gasteiger partial charge in [0.1, 0.15) is 0 Å². The second kappa shape index (κ2) is 5.70. The number of hydrogen-bond donors (Lipinski definition) is 1. The Hall–Kier alpha value is -2.13. The third-order valence-corrected chi connectivity index (χ3v) is 3.89. The molecule has 0 saturated heterocycles. The monoisotopic (exact) mass is 298 g/mol. The Bertz CT molecular complexity index is 707. The van der Waals surface area contributed by atoms with E-state index in [0.29, 0.717) is 11.4 Å². The summed E-state index contributed by atoms with van der Waals surface area (Å²) in [5.41, 5.74) is 6.71. The minimum Gasteiger partial charge on any atom is -0.272 e. The van der Waals surface area contributed by atoms with Crippen LogP contribution in [0.5, 0.6) is 0 Å². The maximum Gasteiger partial charge on any atom is 0.248 e. The van der Waals surface area contributed by atoms with Gasteiger partial charge in [0.2, 0.25) is 5.91 Å². The molecule has 1 atom stereocenters. The Kier molecular flexibility index (Phi) is 3.76. The summed E-state index contributed by atoms with van der Waals surface area (Å²) in [7, 11) is 0. The fourth-order valence-corrected chi connectivity index (χ4v) is 2.63. The van der Waals surface area contributed by atoms with Gasteiger partial charge in [-0.3, -0.25) is 4.79 Å². The first-order chi connectivity index (χ1) is 10.1. The van der Waals surface area contributed by atoms with Gasteiger partial charge in [0, 0.05) is 11.4 Å². The molecular formula is C17H15ClN2O. The van der Waals surface area contributed by atoms with Crippen LogP contribution >= 0.6 is 11.6 Å². The predicted octanol–water partition coefficient (Wildman–Crippen LogP) is 3.66. The van der Waals surface area contributed by atoms with E-state index in [-0.39, 0.29) is 11.8 Å². The molecule has 0 spiro atoms. The van der Waals surface area contributed by atoms with Crippen molar-refractivity contribution in [3.63, 3.8) is 0 Å². The molecule has 4 heteroatoms. The molecule has 1 N–H and O–H groups in total. The topological polar surface area (TPSA) is 41.5 Å². The predicted molar refractivity (Wildman–Crippen MR) is 84.7 cm³/mol. The van der Waals surface area contributed by atoms with Gasteiger partial charge in [-0.2, -0.15) is 5.10 Å². The number of halogens is 1. The average molecular weight is 299 g/mol. The molecule has 1 heterocycles. The number of carbonyl (C=O) groups is 1. The first-order valence-corrected chi connectivity index (χ1v) is 7.20.